The maximum Gasteiger partial charge on any atom is 0.123 e. The molecule has 0 atom stereocenters. The molecule has 0 spiro atoms. The molecule has 3 aromatic carbocycles. The molecule has 4 rings (SSSR count). The summed E-state index contributed by atoms with van der Waals surface area (Å²) in [6.07, 6.45) is 2.06. The predicted octanol–water partition coefficient (Wildman–Crippen LogP) is 4.62. The van der Waals surface area contributed by atoms with Gasteiger partial charge in [-0.15, -0.1) is 0 Å². The van der Waals surface area contributed by atoms with E-state index in [4.69, 9.17) is 0 Å². The second kappa shape index (κ2) is 4.11. The fourth-order valence-corrected chi connectivity index (χ4v) is 3.34. The van der Waals surface area contributed by atoms with Crippen LogP contribution in [0.1, 0.15) is 16.7 Å². The Morgan fingerprint density at radius 2 is 1.65 bits per heavy atom. The van der Waals surface area contributed by atoms with E-state index in [1.165, 1.54) is 27.8 Å². The molecule has 1 nitrogen and oxygen atoms in total. The average molecular weight is 260 g/mol. The van der Waals surface area contributed by atoms with Crippen LogP contribution in [0.5, 0.6) is 5.75 Å². The summed E-state index contributed by atoms with van der Waals surface area (Å²) in [5.74, 6) is 0.404. The van der Waals surface area contributed by atoms with Gasteiger partial charge in [0.15, 0.2) is 0 Å². The number of aromatic hydroxyl groups is 1. The summed E-state index contributed by atoms with van der Waals surface area (Å²) in [4.78, 5) is 0. The molecule has 0 fully saturated rings. The van der Waals surface area contributed by atoms with Gasteiger partial charge in [0.25, 0.3) is 0 Å². The second-order valence-corrected chi connectivity index (χ2v) is 5.64. The molecule has 0 radical (unpaired) electrons. The van der Waals surface area contributed by atoms with Crippen molar-refractivity contribution in [3.05, 3.63) is 65.2 Å². The van der Waals surface area contributed by atoms with Crippen molar-refractivity contribution >= 4 is 10.8 Å². The molecular formula is C19H16O. The van der Waals surface area contributed by atoms with E-state index >= 15 is 0 Å². The first-order chi connectivity index (χ1) is 9.74. The molecule has 0 saturated carbocycles. The van der Waals surface area contributed by atoms with E-state index in [1.807, 2.05) is 6.07 Å². The molecule has 1 aliphatic carbocycles. The third kappa shape index (κ3) is 1.56. The number of benzene rings is 3. The van der Waals surface area contributed by atoms with E-state index in [9.17, 15) is 5.11 Å². The summed E-state index contributed by atoms with van der Waals surface area (Å²) in [6.45, 7) is 2.06. The smallest absolute Gasteiger partial charge is 0.123 e. The van der Waals surface area contributed by atoms with Gasteiger partial charge in [-0.2, -0.15) is 0 Å². The fraction of sp³-hybridized carbons (Fsp3) is 0.158. The lowest BCUT2D eigenvalue weighted by Gasteiger charge is -2.22. The molecule has 98 valence electrons. The van der Waals surface area contributed by atoms with Crippen molar-refractivity contribution in [3.8, 4) is 16.9 Å². The van der Waals surface area contributed by atoms with Gasteiger partial charge in [0.2, 0.25) is 0 Å². The summed E-state index contributed by atoms with van der Waals surface area (Å²) >= 11 is 0. The normalized spacial score (nSPS) is 13.1. The van der Waals surface area contributed by atoms with E-state index in [1.54, 1.807) is 0 Å². The second-order valence-electron chi connectivity index (χ2n) is 5.64. The monoisotopic (exact) mass is 260 g/mol. The van der Waals surface area contributed by atoms with Crippen LogP contribution in [-0.2, 0) is 12.8 Å². The zero-order chi connectivity index (χ0) is 13.7. The summed E-state index contributed by atoms with van der Waals surface area (Å²) in [6, 6.07) is 16.9. The fourth-order valence-electron chi connectivity index (χ4n) is 3.34. The van der Waals surface area contributed by atoms with E-state index in [0.717, 1.165) is 23.6 Å². The zero-order valence-corrected chi connectivity index (χ0v) is 11.5. The van der Waals surface area contributed by atoms with Gasteiger partial charge in [-0.1, -0.05) is 42.0 Å². The summed E-state index contributed by atoms with van der Waals surface area (Å²) in [5, 5.41) is 12.4. The van der Waals surface area contributed by atoms with Crippen LogP contribution in [0.4, 0.5) is 0 Å². The third-order valence-corrected chi connectivity index (χ3v) is 4.30. The van der Waals surface area contributed by atoms with Crippen LogP contribution in [0, 0.1) is 6.92 Å². The van der Waals surface area contributed by atoms with Crippen LogP contribution in [0.25, 0.3) is 21.9 Å². The molecule has 0 aliphatic heterocycles. The standard InChI is InChI=1S/C19H16O/c1-12-6-9-16-17(10-12)18(20)11-14-8-7-13-4-2-3-5-15(13)19(14)16/h2-6,9-11,20H,7-8H2,1H3. The van der Waals surface area contributed by atoms with Gasteiger partial charge < -0.3 is 5.11 Å². The van der Waals surface area contributed by atoms with Gasteiger partial charge in [0.05, 0.1) is 0 Å². The Morgan fingerprint density at radius 1 is 0.850 bits per heavy atom. The number of hydrogen-bond acceptors (Lipinski definition) is 1. The summed E-state index contributed by atoms with van der Waals surface area (Å²) in [7, 11) is 0. The molecule has 0 amide bonds. The molecular weight excluding hydrogens is 244 g/mol. The highest BCUT2D eigenvalue weighted by Gasteiger charge is 2.19. The van der Waals surface area contributed by atoms with Gasteiger partial charge in [-0.05, 0) is 59.5 Å². The quantitative estimate of drug-likeness (QED) is 0.625. The number of aryl methyl sites for hydroxylation is 3. The Labute approximate surface area is 118 Å². The molecule has 0 aromatic heterocycles. The van der Waals surface area contributed by atoms with Gasteiger partial charge in [0.1, 0.15) is 5.75 Å². The highest BCUT2D eigenvalue weighted by atomic mass is 16.3. The molecule has 3 aromatic rings. The number of rotatable bonds is 0. The van der Waals surface area contributed by atoms with Gasteiger partial charge in [0, 0.05) is 5.39 Å². The van der Waals surface area contributed by atoms with E-state index in [-0.39, 0.29) is 0 Å². The van der Waals surface area contributed by atoms with Crippen LogP contribution in [0.15, 0.2) is 48.5 Å². The number of fused-ring (bicyclic) bond motifs is 5. The average Bonchev–Trinajstić information content (AvgIpc) is 2.47. The molecule has 0 saturated heterocycles. The number of phenolic OH excluding ortho intramolecular Hbond substituents is 1. The Bertz CT molecular complexity index is 831. The van der Waals surface area contributed by atoms with Crippen LogP contribution in [0.3, 0.4) is 0 Å². The Morgan fingerprint density at radius 3 is 2.55 bits per heavy atom. The lowest BCUT2D eigenvalue weighted by atomic mass is 9.82. The molecule has 0 bridgehead atoms. The first-order valence-corrected chi connectivity index (χ1v) is 7.07. The Balaban J connectivity index is 2.16. The van der Waals surface area contributed by atoms with Crippen LogP contribution >= 0.6 is 0 Å². The topological polar surface area (TPSA) is 20.2 Å². The van der Waals surface area contributed by atoms with Gasteiger partial charge in [-0.25, -0.2) is 0 Å². The molecule has 20 heavy (non-hydrogen) atoms. The van der Waals surface area contributed by atoms with Gasteiger partial charge in [-0.3, -0.25) is 0 Å². The molecule has 0 heterocycles. The van der Waals surface area contributed by atoms with Crippen LogP contribution in [0.2, 0.25) is 0 Å². The van der Waals surface area contributed by atoms with Crippen molar-refractivity contribution in [1.82, 2.24) is 0 Å². The third-order valence-electron chi connectivity index (χ3n) is 4.30. The van der Waals surface area contributed by atoms with Crippen molar-refractivity contribution in [2.24, 2.45) is 0 Å². The van der Waals surface area contributed by atoms with Crippen LogP contribution < -0.4 is 0 Å². The lowest BCUT2D eigenvalue weighted by molar-refractivity contribution is 0.481. The van der Waals surface area contributed by atoms with E-state index in [0.29, 0.717) is 5.75 Å². The minimum absolute atomic E-state index is 0.404. The Kier molecular flexibility index (Phi) is 2.37. The maximum absolute atomic E-state index is 10.3. The number of phenols is 1. The molecule has 1 N–H and O–H groups in total. The highest BCUT2D eigenvalue weighted by Crippen LogP contribution is 2.42. The van der Waals surface area contributed by atoms with Crippen molar-refractivity contribution < 1.29 is 5.11 Å². The van der Waals surface area contributed by atoms with Crippen molar-refractivity contribution in [1.29, 1.82) is 0 Å². The number of hydrogen-bond donors (Lipinski definition) is 1. The zero-order valence-electron chi connectivity index (χ0n) is 11.5. The van der Waals surface area contributed by atoms with E-state index in [2.05, 4.69) is 49.4 Å². The first-order valence-electron chi connectivity index (χ1n) is 7.07. The Hall–Kier alpha value is -2.28. The van der Waals surface area contributed by atoms with Crippen molar-refractivity contribution in [3.63, 3.8) is 0 Å². The molecule has 0 unspecified atom stereocenters. The summed E-state index contributed by atoms with van der Waals surface area (Å²) < 4.78 is 0. The maximum atomic E-state index is 10.3. The van der Waals surface area contributed by atoms with Crippen molar-refractivity contribution in [2.45, 2.75) is 19.8 Å². The minimum Gasteiger partial charge on any atom is -0.507 e. The first kappa shape index (κ1) is 11.5. The SMILES string of the molecule is Cc1ccc2c3c(cc(O)c2c1)CCc1ccccc1-3. The predicted molar refractivity (Wildman–Crippen MR) is 83.2 cm³/mol. The lowest BCUT2D eigenvalue weighted by Crippen LogP contribution is -2.04. The van der Waals surface area contributed by atoms with Crippen molar-refractivity contribution in [2.75, 3.05) is 0 Å². The molecule has 1 aliphatic rings. The van der Waals surface area contributed by atoms with Gasteiger partial charge >= 0.3 is 0 Å². The largest absolute Gasteiger partial charge is 0.507 e. The highest BCUT2D eigenvalue weighted by molar-refractivity contribution is 6.03. The van der Waals surface area contributed by atoms with E-state index < -0.39 is 0 Å². The van der Waals surface area contributed by atoms with Crippen LogP contribution in [-0.4, -0.2) is 5.11 Å². The summed E-state index contributed by atoms with van der Waals surface area (Å²) in [5.41, 5.74) is 6.48. The molecule has 1 heteroatoms. The minimum atomic E-state index is 0.404.